The van der Waals surface area contributed by atoms with Gasteiger partial charge in [0.2, 0.25) is 5.91 Å². The van der Waals surface area contributed by atoms with Gasteiger partial charge in [0.05, 0.1) is 13.2 Å². The zero-order valence-corrected chi connectivity index (χ0v) is 8.41. The maximum atomic E-state index is 10.9. The molecule has 0 aliphatic carbocycles. The summed E-state index contributed by atoms with van der Waals surface area (Å²) in [5.74, 6) is 0.693. The number of β-lactam (4-membered cyclic amide) rings is 1. The van der Waals surface area contributed by atoms with Crippen molar-refractivity contribution < 1.29 is 9.53 Å². The molecule has 1 amide bonds. The second kappa shape index (κ2) is 3.50. The number of hydrogen-bond acceptors (Lipinski definition) is 2. The number of rotatable bonds is 2. The summed E-state index contributed by atoms with van der Waals surface area (Å²) in [5.41, 5.74) is 1.01. The van der Waals surface area contributed by atoms with Crippen LogP contribution in [-0.2, 0) is 4.79 Å². The summed E-state index contributed by atoms with van der Waals surface area (Å²) in [6, 6.07) is 7.44. The molecule has 74 valence electrons. The van der Waals surface area contributed by atoms with E-state index in [1.165, 1.54) is 0 Å². The largest absolute Gasteiger partial charge is 0.497 e. The number of hydrogen-bond donors (Lipinski definition) is 1. The van der Waals surface area contributed by atoms with Crippen LogP contribution in [-0.4, -0.2) is 18.4 Å². The van der Waals surface area contributed by atoms with Gasteiger partial charge in [-0.05, 0) is 17.7 Å². The average molecular weight is 212 g/mol. The highest BCUT2D eigenvalue weighted by molar-refractivity contribution is 6.33. The van der Waals surface area contributed by atoms with Crippen LogP contribution >= 0.6 is 11.6 Å². The second-order valence-electron chi connectivity index (χ2n) is 3.16. The molecule has 0 radical (unpaired) electrons. The maximum Gasteiger partial charge on any atom is 0.241 e. The van der Waals surface area contributed by atoms with Crippen molar-refractivity contribution in [2.45, 2.75) is 11.4 Å². The zero-order valence-electron chi connectivity index (χ0n) is 7.66. The van der Waals surface area contributed by atoms with Crippen LogP contribution in [0.3, 0.4) is 0 Å². The van der Waals surface area contributed by atoms with E-state index in [1.54, 1.807) is 7.11 Å². The number of halogens is 1. The topological polar surface area (TPSA) is 38.3 Å². The Balaban J connectivity index is 2.14. The molecule has 14 heavy (non-hydrogen) atoms. The summed E-state index contributed by atoms with van der Waals surface area (Å²) in [6.45, 7) is 0. The third kappa shape index (κ3) is 1.44. The standard InChI is InChI=1S/C10H10ClNO2/c1-14-7-4-2-6(3-5-7)9-8(11)10(13)12-9/h2-5,8-9H,1H3,(H,12,13)/t8-,9-/m1/s1. The molecule has 1 fully saturated rings. The van der Waals surface area contributed by atoms with Crippen molar-refractivity contribution in [2.75, 3.05) is 7.11 Å². The number of nitrogens with one attached hydrogen (secondary N) is 1. The highest BCUT2D eigenvalue weighted by Gasteiger charge is 2.38. The third-order valence-corrected chi connectivity index (χ3v) is 2.77. The molecule has 0 aromatic heterocycles. The molecule has 4 heteroatoms. The van der Waals surface area contributed by atoms with Crippen LogP contribution < -0.4 is 10.1 Å². The Morgan fingerprint density at radius 2 is 2.00 bits per heavy atom. The summed E-state index contributed by atoms with van der Waals surface area (Å²) in [7, 11) is 1.62. The van der Waals surface area contributed by atoms with Gasteiger partial charge in [-0.2, -0.15) is 0 Å². The van der Waals surface area contributed by atoms with Gasteiger partial charge in [0.15, 0.2) is 0 Å². The van der Waals surface area contributed by atoms with Gasteiger partial charge in [-0.15, -0.1) is 11.6 Å². The van der Waals surface area contributed by atoms with E-state index < -0.39 is 5.38 Å². The fraction of sp³-hybridized carbons (Fsp3) is 0.300. The van der Waals surface area contributed by atoms with Gasteiger partial charge in [0, 0.05) is 0 Å². The van der Waals surface area contributed by atoms with Crippen LogP contribution in [0.5, 0.6) is 5.75 Å². The molecule has 1 heterocycles. The summed E-state index contributed by atoms with van der Waals surface area (Å²) < 4.78 is 5.03. The minimum absolute atomic E-state index is 0.0601. The van der Waals surface area contributed by atoms with Crippen LogP contribution in [0.4, 0.5) is 0 Å². The molecule has 0 unspecified atom stereocenters. The van der Waals surface area contributed by atoms with E-state index in [1.807, 2.05) is 24.3 Å². The molecule has 2 rings (SSSR count). The molecular formula is C10H10ClNO2. The molecule has 0 spiro atoms. The highest BCUT2D eigenvalue weighted by atomic mass is 35.5. The van der Waals surface area contributed by atoms with E-state index in [0.29, 0.717) is 0 Å². The quantitative estimate of drug-likeness (QED) is 0.595. The molecule has 3 nitrogen and oxygen atoms in total. The molecule has 2 atom stereocenters. The summed E-state index contributed by atoms with van der Waals surface area (Å²) in [4.78, 5) is 10.9. The number of ether oxygens (including phenoxy) is 1. The second-order valence-corrected chi connectivity index (χ2v) is 3.63. The third-order valence-electron chi connectivity index (χ3n) is 2.32. The molecule has 0 bridgehead atoms. The minimum atomic E-state index is -0.441. The molecule has 1 aromatic rings. The Labute approximate surface area is 87.0 Å². The Morgan fingerprint density at radius 3 is 2.43 bits per heavy atom. The Bertz CT molecular complexity index is 350. The van der Waals surface area contributed by atoms with Crippen LogP contribution in [0.15, 0.2) is 24.3 Å². The van der Waals surface area contributed by atoms with Crippen molar-refractivity contribution in [3.63, 3.8) is 0 Å². The van der Waals surface area contributed by atoms with Crippen molar-refractivity contribution in [2.24, 2.45) is 0 Å². The fourth-order valence-electron chi connectivity index (χ4n) is 1.42. The van der Waals surface area contributed by atoms with E-state index in [-0.39, 0.29) is 11.9 Å². The lowest BCUT2D eigenvalue weighted by Crippen LogP contribution is -2.52. The molecule has 1 aromatic carbocycles. The lowest BCUT2D eigenvalue weighted by atomic mass is 9.97. The van der Waals surface area contributed by atoms with Crippen molar-refractivity contribution in [3.05, 3.63) is 29.8 Å². The van der Waals surface area contributed by atoms with Crippen molar-refractivity contribution in [3.8, 4) is 5.75 Å². The van der Waals surface area contributed by atoms with E-state index >= 15 is 0 Å². The predicted molar refractivity (Wildman–Crippen MR) is 53.5 cm³/mol. The number of alkyl halides is 1. The maximum absolute atomic E-state index is 10.9. The summed E-state index contributed by atoms with van der Waals surface area (Å²) in [6.07, 6.45) is 0. The van der Waals surface area contributed by atoms with Crippen LogP contribution in [0.25, 0.3) is 0 Å². The molecule has 1 aliphatic heterocycles. The average Bonchev–Trinajstić information content (AvgIpc) is 2.25. The van der Waals surface area contributed by atoms with Gasteiger partial charge < -0.3 is 10.1 Å². The first-order valence-corrected chi connectivity index (χ1v) is 4.74. The van der Waals surface area contributed by atoms with Crippen LogP contribution in [0.2, 0.25) is 0 Å². The van der Waals surface area contributed by atoms with Gasteiger partial charge in [-0.25, -0.2) is 0 Å². The van der Waals surface area contributed by atoms with Crippen LogP contribution in [0, 0.1) is 0 Å². The Hall–Kier alpha value is -1.22. The molecule has 1 aliphatic rings. The van der Waals surface area contributed by atoms with E-state index in [0.717, 1.165) is 11.3 Å². The Morgan fingerprint density at radius 1 is 1.36 bits per heavy atom. The molecule has 1 saturated heterocycles. The van der Waals surface area contributed by atoms with Crippen molar-refractivity contribution in [1.82, 2.24) is 5.32 Å². The molecular weight excluding hydrogens is 202 g/mol. The van der Waals surface area contributed by atoms with Crippen molar-refractivity contribution in [1.29, 1.82) is 0 Å². The Kier molecular flexibility index (Phi) is 2.33. The smallest absolute Gasteiger partial charge is 0.241 e. The first-order chi connectivity index (χ1) is 6.72. The normalized spacial score (nSPS) is 25.1. The molecule has 1 N–H and O–H groups in total. The number of amides is 1. The predicted octanol–water partition coefficient (Wildman–Crippen LogP) is 1.47. The first-order valence-electron chi connectivity index (χ1n) is 4.31. The number of carbonyl (C=O) groups is 1. The van der Waals surface area contributed by atoms with Crippen LogP contribution in [0.1, 0.15) is 11.6 Å². The summed E-state index contributed by atoms with van der Waals surface area (Å²) in [5, 5.41) is 2.29. The van der Waals surface area contributed by atoms with Gasteiger partial charge >= 0.3 is 0 Å². The SMILES string of the molecule is COc1ccc([C@H]2NC(=O)[C@@H]2Cl)cc1. The first kappa shape index (κ1) is 9.34. The number of methoxy groups -OCH3 is 1. The highest BCUT2D eigenvalue weighted by Crippen LogP contribution is 2.29. The van der Waals surface area contributed by atoms with Gasteiger partial charge in [0.1, 0.15) is 11.1 Å². The number of benzene rings is 1. The lowest BCUT2D eigenvalue weighted by molar-refractivity contribution is -0.127. The van der Waals surface area contributed by atoms with Gasteiger partial charge in [0.25, 0.3) is 0 Å². The molecule has 0 saturated carbocycles. The van der Waals surface area contributed by atoms with Gasteiger partial charge in [-0.3, -0.25) is 4.79 Å². The van der Waals surface area contributed by atoms with Gasteiger partial charge in [-0.1, -0.05) is 12.1 Å². The van der Waals surface area contributed by atoms with E-state index in [4.69, 9.17) is 16.3 Å². The van der Waals surface area contributed by atoms with E-state index in [9.17, 15) is 4.79 Å². The van der Waals surface area contributed by atoms with Crippen molar-refractivity contribution >= 4 is 17.5 Å². The lowest BCUT2D eigenvalue weighted by Gasteiger charge is -2.32. The zero-order chi connectivity index (χ0) is 10.1. The monoisotopic (exact) mass is 211 g/mol. The summed E-state index contributed by atoms with van der Waals surface area (Å²) >= 11 is 5.83. The number of carbonyl (C=O) groups excluding carboxylic acids is 1. The van der Waals surface area contributed by atoms with E-state index in [2.05, 4.69) is 5.32 Å². The fourth-order valence-corrected chi connectivity index (χ4v) is 1.70. The minimum Gasteiger partial charge on any atom is -0.497 e.